The molecule has 0 radical (unpaired) electrons. The predicted octanol–water partition coefficient (Wildman–Crippen LogP) is 3.78. The zero-order valence-electron chi connectivity index (χ0n) is 14.1. The molecule has 5 nitrogen and oxygen atoms in total. The van der Waals surface area contributed by atoms with E-state index in [0.29, 0.717) is 5.56 Å². The van der Waals surface area contributed by atoms with Crippen molar-refractivity contribution in [1.82, 2.24) is 0 Å². The second kappa shape index (κ2) is 6.75. The van der Waals surface area contributed by atoms with Crippen LogP contribution in [0.1, 0.15) is 31.9 Å². The Morgan fingerprint density at radius 1 is 1.08 bits per heavy atom. The summed E-state index contributed by atoms with van der Waals surface area (Å²) in [7, 11) is -2.75. The minimum atomic E-state index is -3.85. The Kier molecular flexibility index (Phi) is 5.11. The largest absolute Gasteiger partial charge is 0.507 e. The first-order valence-corrected chi connectivity index (χ1v) is 8.84. The van der Waals surface area contributed by atoms with E-state index in [9.17, 15) is 13.5 Å². The summed E-state index contributed by atoms with van der Waals surface area (Å²) in [6.45, 7) is 6.01. The second-order valence-corrected chi connectivity index (χ2v) is 8.02. The van der Waals surface area contributed by atoms with E-state index in [1.54, 1.807) is 24.3 Å². The highest BCUT2D eigenvalue weighted by Gasteiger charge is 2.20. The third-order valence-electron chi connectivity index (χ3n) is 3.57. The maximum absolute atomic E-state index is 11.9. The van der Waals surface area contributed by atoms with Gasteiger partial charge in [-0.3, -0.25) is 9.18 Å². The van der Waals surface area contributed by atoms with Crippen LogP contribution in [0.25, 0.3) is 0 Å². The average Bonchev–Trinajstić information content (AvgIpc) is 2.53. The lowest BCUT2D eigenvalue weighted by Gasteiger charge is -2.21. The predicted molar refractivity (Wildman–Crippen MR) is 94.7 cm³/mol. The van der Waals surface area contributed by atoms with Crippen molar-refractivity contribution in [2.45, 2.75) is 31.1 Å². The van der Waals surface area contributed by atoms with E-state index in [4.69, 9.17) is 0 Å². The van der Waals surface area contributed by atoms with Crippen LogP contribution in [0, 0.1) is 0 Å². The van der Waals surface area contributed by atoms with E-state index in [0.717, 1.165) is 12.7 Å². The number of phenols is 1. The Labute approximate surface area is 142 Å². The van der Waals surface area contributed by atoms with Crippen LogP contribution in [-0.2, 0) is 19.7 Å². The van der Waals surface area contributed by atoms with Crippen LogP contribution in [0.2, 0.25) is 0 Å². The van der Waals surface area contributed by atoms with Gasteiger partial charge in [0.2, 0.25) is 0 Å². The molecule has 0 bridgehead atoms. The van der Waals surface area contributed by atoms with Crippen LogP contribution < -0.4 is 0 Å². The van der Waals surface area contributed by atoms with Crippen LogP contribution in [0.15, 0.2) is 52.4 Å². The van der Waals surface area contributed by atoms with Gasteiger partial charge in [0.15, 0.2) is 0 Å². The number of phenolic OH excluding ortho intramolecular Hbond substituents is 1. The Morgan fingerprint density at radius 3 is 2.38 bits per heavy atom. The van der Waals surface area contributed by atoms with E-state index in [2.05, 4.69) is 9.18 Å². The van der Waals surface area contributed by atoms with Gasteiger partial charge in [0.1, 0.15) is 10.6 Å². The average molecular weight is 347 g/mol. The molecule has 0 aromatic heterocycles. The third-order valence-corrected chi connectivity index (χ3v) is 4.89. The summed E-state index contributed by atoms with van der Waals surface area (Å²) < 4.78 is 28.4. The molecule has 0 atom stereocenters. The van der Waals surface area contributed by atoms with E-state index in [1.807, 2.05) is 32.9 Å². The van der Waals surface area contributed by atoms with Gasteiger partial charge in [0, 0.05) is 11.8 Å². The molecule has 128 valence electrons. The summed E-state index contributed by atoms with van der Waals surface area (Å²) in [5, 5.41) is 10.4. The van der Waals surface area contributed by atoms with Gasteiger partial charge in [0.05, 0.1) is 12.8 Å². The SMILES string of the molecule is COS(=O)(=O)c1ccccc1N=Cc1cccc(C(C)(C)C)c1O. The highest BCUT2D eigenvalue weighted by atomic mass is 32.2. The Balaban J connectivity index is 2.48. The molecule has 24 heavy (non-hydrogen) atoms. The zero-order valence-corrected chi connectivity index (χ0v) is 15.0. The first-order chi connectivity index (χ1) is 11.2. The van der Waals surface area contributed by atoms with Crippen molar-refractivity contribution in [2.75, 3.05) is 7.11 Å². The Morgan fingerprint density at radius 2 is 1.75 bits per heavy atom. The summed E-state index contributed by atoms with van der Waals surface area (Å²) in [6, 6.07) is 11.7. The maximum Gasteiger partial charge on any atom is 0.298 e. The molecule has 2 aromatic carbocycles. The fourth-order valence-corrected chi connectivity index (χ4v) is 3.08. The number of rotatable bonds is 4. The number of aliphatic imine (C=N–C) groups is 1. The standard InChI is InChI=1S/C18H21NO4S/c1-18(2,3)14-9-7-8-13(17(14)20)12-19-15-10-5-6-11-16(15)24(21,22)23-4/h5-12,20H,1-4H3. The molecular formula is C18H21NO4S. The van der Waals surface area contributed by atoms with Crippen LogP contribution >= 0.6 is 0 Å². The third kappa shape index (κ3) is 3.83. The van der Waals surface area contributed by atoms with Gasteiger partial charge in [-0.15, -0.1) is 0 Å². The topological polar surface area (TPSA) is 76.0 Å². The molecule has 1 N–H and O–H groups in total. The van der Waals surface area contributed by atoms with Crippen molar-refractivity contribution in [1.29, 1.82) is 0 Å². The lowest BCUT2D eigenvalue weighted by atomic mass is 9.85. The van der Waals surface area contributed by atoms with Gasteiger partial charge in [0.25, 0.3) is 10.1 Å². The molecule has 2 aromatic rings. The van der Waals surface area contributed by atoms with Crippen molar-refractivity contribution >= 4 is 22.0 Å². The van der Waals surface area contributed by atoms with E-state index >= 15 is 0 Å². The molecular weight excluding hydrogens is 326 g/mol. The van der Waals surface area contributed by atoms with E-state index in [1.165, 1.54) is 12.3 Å². The molecule has 0 heterocycles. The number of para-hydroxylation sites is 2. The number of aromatic hydroxyl groups is 1. The summed E-state index contributed by atoms with van der Waals surface area (Å²) >= 11 is 0. The molecule has 0 saturated carbocycles. The number of nitrogens with zero attached hydrogens (tertiary/aromatic N) is 1. The summed E-state index contributed by atoms with van der Waals surface area (Å²) in [5.74, 6) is 0.140. The lowest BCUT2D eigenvalue weighted by Crippen LogP contribution is -2.11. The molecule has 2 rings (SSSR count). The fourth-order valence-electron chi connectivity index (χ4n) is 2.27. The highest BCUT2D eigenvalue weighted by molar-refractivity contribution is 7.87. The number of hydrogen-bond donors (Lipinski definition) is 1. The fraction of sp³-hybridized carbons (Fsp3) is 0.278. The lowest BCUT2D eigenvalue weighted by molar-refractivity contribution is 0.398. The minimum absolute atomic E-state index is 0.0183. The first kappa shape index (κ1) is 18.2. The molecule has 0 amide bonds. The molecule has 6 heteroatoms. The molecule has 0 fully saturated rings. The molecule has 0 aliphatic rings. The van der Waals surface area contributed by atoms with E-state index < -0.39 is 10.1 Å². The van der Waals surface area contributed by atoms with Crippen molar-refractivity contribution in [3.8, 4) is 5.75 Å². The second-order valence-electron chi connectivity index (χ2n) is 6.34. The van der Waals surface area contributed by atoms with E-state index in [-0.39, 0.29) is 21.7 Å². The molecule has 0 saturated heterocycles. The smallest absolute Gasteiger partial charge is 0.298 e. The van der Waals surface area contributed by atoms with Crippen LogP contribution in [0.5, 0.6) is 5.75 Å². The molecule has 0 spiro atoms. The normalized spacial score (nSPS) is 12.7. The van der Waals surface area contributed by atoms with Crippen molar-refractivity contribution in [2.24, 2.45) is 4.99 Å². The number of benzene rings is 2. The first-order valence-electron chi connectivity index (χ1n) is 7.43. The van der Waals surface area contributed by atoms with Crippen LogP contribution in [0.3, 0.4) is 0 Å². The minimum Gasteiger partial charge on any atom is -0.507 e. The summed E-state index contributed by atoms with van der Waals surface area (Å²) in [5.41, 5.74) is 1.35. The highest BCUT2D eigenvalue weighted by Crippen LogP contribution is 2.33. The Hall–Kier alpha value is -2.18. The van der Waals surface area contributed by atoms with Crippen molar-refractivity contribution in [3.05, 3.63) is 53.6 Å². The van der Waals surface area contributed by atoms with Crippen molar-refractivity contribution in [3.63, 3.8) is 0 Å². The monoisotopic (exact) mass is 347 g/mol. The van der Waals surface area contributed by atoms with Gasteiger partial charge < -0.3 is 5.11 Å². The van der Waals surface area contributed by atoms with Gasteiger partial charge in [-0.1, -0.05) is 45.0 Å². The van der Waals surface area contributed by atoms with Gasteiger partial charge in [-0.25, -0.2) is 0 Å². The molecule has 0 unspecified atom stereocenters. The quantitative estimate of drug-likeness (QED) is 0.674. The van der Waals surface area contributed by atoms with Crippen LogP contribution in [0.4, 0.5) is 5.69 Å². The summed E-state index contributed by atoms with van der Waals surface area (Å²) in [6.07, 6.45) is 1.45. The van der Waals surface area contributed by atoms with Gasteiger partial charge in [-0.05, 0) is 29.2 Å². The van der Waals surface area contributed by atoms with Gasteiger partial charge in [-0.2, -0.15) is 8.42 Å². The van der Waals surface area contributed by atoms with Crippen LogP contribution in [-0.4, -0.2) is 26.8 Å². The van der Waals surface area contributed by atoms with Crippen molar-refractivity contribution < 1.29 is 17.7 Å². The molecule has 0 aliphatic heterocycles. The molecule has 0 aliphatic carbocycles. The van der Waals surface area contributed by atoms with Gasteiger partial charge >= 0.3 is 0 Å². The Bertz CT molecular complexity index is 865. The maximum atomic E-state index is 11.9. The zero-order chi connectivity index (χ0) is 18.0. The number of hydrogen-bond acceptors (Lipinski definition) is 5. The summed E-state index contributed by atoms with van der Waals surface area (Å²) in [4.78, 5) is 4.21.